The molecule has 0 saturated heterocycles. The van der Waals surface area contributed by atoms with Crippen LogP contribution in [0.5, 0.6) is 0 Å². The van der Waals surface area contributed by atoms with Crippen molar-refractivity contribution in [3.8, 4) is 6.19 Å². The van der Waals surface area contributed by atoms with Gasteiger partial charge in [-0.05, 0) is 50.4 Å². The van der Waals surface area contributed by atoms with Gasteiger partial charge in [-0.3, -0.25) is 5.32 Å². The predicted octanol–water partition coefficient (Wildman–Crippen LogP) is 3.28. The van der Waals surface area contributed by atoms with Gasteiger partial charge in [0.1, 0.15) is 0 Å². The standard InChI is InChI=1S/C16H18N6S/c1-11-9-12(2)20-15(19-11)22(3)14-7-5-13(6-8-14)21-16(23-4)18-10-17/h5-9H,1-4H3,(H,18,21). The number of anilines is 2. The second kappa shape index (κ2) is 7.61. The van der Waals surface area contributed by atoms with Crippen LogP contribution in [0.3, 0.4) is 0 Å². The second-order valence-electron chi connectivity index (χ2n) is 4.88. The number of hydrogen-bond donors (Lipinski definition) is 1. The summed E-state index contributed by atoms with van der Waals surface area (Å²) in [5, 5.41) is 11.8. The Labute approximate surface area is 140 Å². The number of aryl methyl sites for hydroxylation is 2. The predicted molar refractivity (Wildman–Crippen MR) is 95.4 cm³/mol. The molecule has 0 aliphatic heterocycles. The Kier molecular flexibility index (Phi) is 5.55. The molecule has 118 valence electrons. The van der Waals surface area contributed by atoms with Crippen molar-refractivity contribution in [1.29, 1.82) is 5.26 Å². The first kappa shape index (κ1) is 16.8. The number of thioether (sulfide) groups is 1. The van der Waals surface area contributed by atoms with Crippen LogP contribution in [0.4, 0.5) is 17.3 Å². The molecule has 0 amide bonds. The molecule has 0 saturated carbocycles. The Morgan fingerprint density at radius 1 is 1.22 bits per heavy atom. The lowest BCUT2D eigenvalue weighted by atomic mass is 10.2. The van der Waals surface area contributed by atoms with Gasteiger partial charge < -0.3 is 4.90 Å². The third-order valence-corrected chi connectivity index (χ3v) is 3.67. The summed E-state index contributed by atoms with van der Waals surface area (Å²) in [6.07, 6.45) is 3.74. The van der Waals surface area contributed by atoms with Gasteiger partial charge in [-0.2, -0.15) is 5.26 Å². The van der Waals surface area contributed by atoms with Crippen molar-refractivity contribution < 1.29 is 0 Å². The number of nitrogens with one attached hydrogen (secondary N) is 1. The number of nitriles is 1. The lowest BCUT2D eigenvalue weighted by molar-refractivity contribution is 0.987. The highest BCUT2D eigenvalue weighted by atomic mass is 32.2. The van der Waals surface area contributed by atoms with Crippen molar-refractivity contribution in [2.75, 3.05) is 18.2 Å². The summed E-state index contributed by atoms with van der Waals surface area (Å²) in [5.41, 5.74) is 3.61. The summed E-state index contributed by atoms with van der Waals surface area (Å²) in [5.74, 6) is 0.662. The van der Waals surface area contributed by atoms with Gasteiger partial charge in [0, 0.05) is 24.1 Å². The van der Waals surface area contributed by atoms with Gasteiger partial charge in [0.05, 0.1) is 5.69 Å². The quantitative estimate of drug-likeness (QED) is 0.404. The zero-order valence-electron chi connectivity index (χ0n) is 13.5. The van der Waals surface area contributed by atoms with Gasteiger partial charge in [0.15, 0.2) is 11.4 Å². The maximum Gasteiger partial charge on any atom is 0.230 e. The highest BCUT2D eigenvalue weighted by Crippen LogP contribution is 2.24. The monoisotopic (exact) mass is 326 g/mol. The Balaban J connectivity index is 2.23. The molecule has 0 aliphatic carbocycles. The fourth-order valence-electron chi connectivity index (χ4n) is 2.01. The third kappa shape index (κ3) is 4.44. The summed E-state index contributed by atoms with van der Waals surface area (Å²) in [6.45, 7) is 3.91. The maximum atomic E-state index is 8.66. The van der Waals surface area contributed by atoms with Crippen LogP contribution >= 0.6 is 11.8 Å². The van der Waals surface area contributed by atoms with E-state index in [0.717, 1.165) is 22.8 Å². The van der Waals surface area contributed by atoms with E-state index in [1.807, 2.05) is 68.6 Å². The molecule has 0 bridgehead atoms. The smallest absolute Gasteiger partial charge is 0.230 e. The normalized spacial score (nSPS) is 11.0. The number of aromatic nitrogens is 2. The van der Waals surface area contributed by atoms with Crippen molar-refractivity contribution >= 4 is 34.3 Å². The minimum atomic E-state index is 0.561. The summed E-state index contributed by atoms with van der Waals surface area (Å²) < 4.78 is 0. The topological polar surface area (TPSA) is 77.2 Å². The molecule has 0 spiro atoms. The van der Waals surface area contributed by atoms with Crippen LogP contribution in [-0.4, -0.2) is 28.4 Å². The molecule has 1 N–H and O–H groups in total. The molecular weight excluding hydrogens is 308 g/mol. The summed E-state index contributed by atoms with van der Waals surface area (Å²) in [4.78, 5) is 15.2. The van der Waals surface area contributed by atoms with E-state index in [-0.39, 0.29) is 0 Å². The van der Waals surface area contributed by atoms with E-state index < -0.39 is 0 Å². The minimum absolute atomic E-state index is 0.561. The Bertz CT molecular complexity index is 728. The first-order valence-electron chi connectivity index (χ1n) is 6.97. The highest BCUT2D eigenvalue weighted by Gasteiger charge is 2.08. The molecule has 1 aromatic heterocycles. The van der Waals surface area contributed by atoms with Gasteiger partial charge in [-0.1, -0.05) is 11.8 Å². The summed E-state index contributed by atoms with van der Waals surface area (Å²) in [6, 6.07) is 9.63. The van der Waals surface area contributed by atoms with Gasteiger partial charge in [-0.15, -0.1) is 0 Å². The summed E-state index contributed by atoms with van der Waals surface area (Å²) >= 11 is 1.39. The average Bonchev–Trinajstić information content (AvgIpc) is 2.53. The zero-order chi connectivity index (χ0) is 16.8. The van der Waals surface area contributed by atoms with Crippen molar-refractivity contribution in [3.63, 3.8) is 0 Å². The van der Waals surface area contributed by atoms with Crippen LogP contribution in [0.15, 0.2) is 35.3 Å². The first-order valence-corrected chi connectivity index (χ1v) is 8.20. The molecule has 0 fully saturated rings. The van der Waals surface area contributed by atoms with Gasteiger partial charge in [-0.25, -0.2) is 15.0 Å². The number of nitrogens with zero attached hydrogens (tertiary/aromatic N) is 5. The van der Waals surface area contributed by atoms with Crippen molar-refractivity contribution in [2.24, 2.45) is 4.99 Å². The van der Waals surface area contributed by atoms with Crippen molar-refractivity contribution in [3.05, 3.63) is 41.7 Å². The molecular formula is C16H18N6S. The van der Waals surface area contributed by atoms with Crippen molar-refractivity contribution in [1.82, 2.24) is 15.3 Å². The van der Waals surface area contributed by atoms with Crippen LogP contribution in [0.25, 0.3) is 0 Å². The van der Waals surface area contributed by atoms with Crippen LogP contribution in [-0.2, 0) is 0 Å². The van der Waals surface area contributed by atoms with E-state index >= 15 is 0 Å². The lowest BCUT2D eigenvalue weighted by Gasteiger charge is -2.18. The van der Waals surface area contributed by atoms with Crippen molar-refractivity contribution in [2.45, 2.75) is 13.8 Å². The number of hydrogen-bond acceptors (Lipinski definition) is 6. The fourth-order valence-corrected chi connectivity index (χ4v) is 2.36. The van der Waals surface area contributed by atoms with Gasteiger partial charge in [0.2, 0.25) is 5.95 Å². The van der Waals surface area contributed by atoms with Crippen LogP contribution in [0, 0.1) is 25.3 Å². The second-order valence-corrected chi connectivity index (χ2v) is 5.68. The molecule has 0 atom stereocenters. The van der Waals surface area contributed by atoms with Gasteiger partial charge in [0.25, 0.3) is 0 Å². The van der Waals surface area contributed by atoms with Crippen LogP contribution in [0.1, 0.15) is 11.4 Å². The Morgan fingerprint density at radius 2 is 1.83 bits per heavy atom. The first-order chi connectivity index (χ1) is 11.0. The zero-order valence-corrected chi connectivity index (χ0v) is 14.3. The fraction of sp³-hybridized carbons (Fsp3) is 0.250. The molecule has 1 heterocycles. The molecule has 0 aliphatic rings. The number of aliphatic imine (C=N–C) groups is 1. The van der Waals surface area contributed by atoms with Gasteiger partial charge >= 0.3 is 0 Å². The maximum absolute atomic E-state index is 8.66. The van der Waals surface area contributed by atoms with E-state index in [1.54, 1.807) is 0 Å². The lowest BCUT2D eigenvalue weighted by Crippen LogP contribution is -2.14. The number of benzene rings is 1. The molecule has 6 nitrogen and oxygen atoms in total. The molecule has 2 aromatic rings. The highest BCUT2D eigenvalue weighted by molar-refractivity contribution is 8.13. The van der Waals surface area contributed by atoms with E-state index in [2.05, 4.69) is 20.3 Å². The average molecular weight is 326 g/mol. The third-order valence-electron chi connectivity index (χ3n) is 3.09. The Morgan fingerprint density at radius 3 is 2.35 bits per heavy atom. The molecule has 23 heavy (non-hydrogen) atoms. The molecule has 0 radical (unpaired) electrons. The van der Waals surface area contributed by atoms with E-state index in [0.29, 0.717) is 11.1 Å². The molecule has 7 heteroatoms. The minimum Gasteiger partial charge on any atom is -0.314 e. The summed E-state index contributed by atoms with van der Waals surface area (Å²) in [7, 11) is 1.93. The molecule has 0 unspecified atom stereocenters. The largest absolute Gasteiger partial charge is 0.314 e. The van der Waals surface area contributed by atoms with Crippen LogP contribution < -0.4 is 10.2 Å². The number of amidine groups is 1. The van der Waals surface area contributed by atoms with E-state index in [1.165, 1.54) is 11.8 Å². The Hall–Kier alpha value is -2.59. The van der Waals surface area contributed by atoms with E-state index in [9.17, 15) is 0 Å². The van der Waals surface area contributed by atoms with E-state index in [4.69, 9.17) is 5.26 Å². The molecule has 1 aromatic carbocycles. The van der Waals surface area contributed by atoms with Crippen LogP contribution in [0.2, 0.25) is 0 Å². The SMILES string of the molecule is CSC(=Nc1ccc(N(C)c2nc(C)cc(C)n2)cc1)NC#N. The number of rotatable bonds is 3. The molecule has 2 rings (SSSR count).